The highest BCUT2D eigenvalue weighted by Gasteiger charge is 2.31. The van der Waals surface area contributed by atoms with Crippen LogP contribution in [0, 0.1) is 24.7 Å². The maximum atomic E-state index is 5.45. The van der Waals surface area contributed by atoms with Crippen molar-refractivity contribution in [2.75, 3.05) is 7.05 Å². The Morgan fingerprint density at radius 2 is 2.06 bits per heavy atom. The third kappa shape index (κ3) is 2.57. The summed E-state index contributed by atoms with van der Waals surface area (Å²) in [5.41, 5.74) is 1.35. The molecule has 96 valence electrons. The highest BCUT2D eigenvalue weighted by Crippen LogP contribution is 2.40. The monoisotopic (exact) mass is 235 g/mol. The van der Waals surface area contributed by atoms with E-state index >= 15 is 0 Å². The van der Waals surface area contributed by atoms with E-state index in [0.717, 1.165) is 23.5 Å². The molecule has 1 saturated carbocycles. The van der Waals surface area contributed by atoms with Gasteiger partial charge in [-0.1, -0.05) is 20.3 Å². The number of rotatable bonds is 3. The minimum atomic E-state index is 0.462. The van der Waals surface area contributed by atoms with E-state index in [2.05, 4.69) is 39.2 Å². The quantitative estimate of drug-likeness (QED) is 0.859. The van der Waals surface area contributed by atoms with Crippen molar-refractivity contribution >= 4 is 0 Å². The summed E-state index contributed by atoms with van der Waals surface area (Å²) in [5.74, 6) is 3.55. The van der Waals surface area contributed by atoms with E-state index in [-0.39, 0.29) is 0 Å². The zero-order valence-corrected chi connectivity index (χ0v) is 11.5. The van der Waals surface area contributed by atoms with Crippen LogP contribution in [-0.2, 0) is 0 Å². The second-order valence-corrected chi connectivity index (χ2v) is 5.73. The van der Waals surface area contributed by atoms with Crippen LogP contribution in [0.25, 0.3) is 0 Å². The Morgan fingerprint density at radius 1 is 1.29 bits per heavy atom. The molecule has 0 amide bonds. The molecule has 17 heavy (non-hydrogen) atoms. The normalized spacial score (nSPS) is 31.4. The van der Waals surface area contributed by atoms with Crippen LogP contribution < -0.4 is 5.32 Å². The summed E-state index contributed by atoms with van der Waals surface area (Å²) in [6.07, 6.45) is 5.84. The first-order chi connectivity index (χ1) is 8.13. The first-order valence-electron chi connectivity index (χ1n) is 6.84. The maximum Gasteiger partial charge on any atom is 0.105 e. The summed E-state index contributed by atoms with van der Waals surface area (Å²) in [6, 6.07) is 2.59. The molecule has 0 aromatic carbocycles. The van der Waals surface area contributed by atoms with Crippen molar-refractivity contribution in [2.24, 2.45) is 17.8 Å². The average molecular weight is 235 g/mol. The van der Waals surface area contributed by atoms with E-state index in [9.17, 15) is 0 Å². The Kier molecular flexibility index (Phi) is 3.93. The molecule has 0 spiro atoms. The molecule has 0 radical (unpaired) electrons. The summed E-state index contributed by atoms with van der Waals surface area (Å²) >= 11 is 0. The average Bonchev–Trinajstić information content (AvgIpc) is 2.71. The Labute approximate surface area is 105 Å². The van der Waals surface area contributed by atoms with E-state index in [4.69, 9.17) is 4.42 Å². The fraction of sp³-hybridized carbons (Fsp3) is 0.733. The van der Waals surface area contributed by atoms with Crippen LogP contribution in [0.1, 0.15) is 50.5 Å². The first kappa shape index (κ1) is 12.7. The topological polar surface area (TPSA) is 25.2 Å². The van der Waals surface area contributed by atoms with Crippen molar-refractivity contribution in [1.82, 2.24) is 5.32 Å². The largest absolute Gasteiger partial charge is 0.469 e. The molecule has 4 atom stereocenters. The van der Waals surface area contributed by atoms with Crippen LogP contribution in [0.2, 0.25) is 0 Å². The lowest BCUT2D eigenvalue weighted by Crippen LogP contribution is -2.31. The van der Waals surface area contributed by atoms with Crippen molar-refractivity contribution in [1.29, 1.82) is 0 Å². The minimum Gasteiger partial charge on any atom is -0.469 e. The van der Waals surface area contributed by atoms with Gasteiger partial charge in [0.15, 0.2) is 0 Å². The summed E-state index contributed by atoms with van der Waals surface area (Å²) in [5, 5.41) is 3.49. The van der Waals surface area contributed by atoms with Gasteiger partial charge in [0.25, 0.3) is 0 Å². The van der Waals surface area contributed by atoms with Gasteiger partial charge in [0.05, 0.1) is 6.26 Å². The molecule has 1 aromatic rings. The van der Waals surface area contributed by atoms with Crippen molar-refractivity contribution in [3.63, 3.8) is 0 Å². The third-order valence-electron chi connectivity index (χ3n) is 4.66. The zero-order valence-electron chi connectivity index (χ0n) is 11.5. The zero-order chi connectivity index (χ0) is 12.4. The highest BCUT2D eigenvalue weighted by atomic mass is 16.3. The summed E-state index contributed by atoms with van der Waals surface area (Å²) < 4.78 is 5.45. The van der Waals surface area contributed by atoms with Gasteiger partial charge in [-0.25, -0.2) is 0 Å². The summed E-state index contributed by atoms with van der Waals surface area (Å²) in [4.78, 5) is 0. The van der Waals surface area contributed by atoms with Gasteiger partial charge < -0.3 is 9.73 Å². The van der Waals surface area contributed by atoms with Crippen LogP contribution >= 0.6 is 0 Å². The van der Waals surface area contributed by atoms with Gasteiger partial charge in [0.1, 0.15) is 5.76 Å². The molecule has 0 bridgehead atoms. The summed E-state index contributed by atoms with van der Waals surface area (Å²) in [7, 11) is 2.07. The second-order valence-electron chi connectivity index (χ2n) is 5.73. The fourth-order valence-electron chi connectivity index (χ4n) is 3.25. The lowest BCUT2D eigenvalue weighted by atomic mass is 9.72. The van der Waals surface area contributed by atoms with Crippen molar-refractivity contribution in [2.45, 2.75) is 46.1 Å². The van der Waals surface area contributed by atoms with Crippen molar-refractivity contribution < 1.29 is 4.42 Å². The van der Waals surface area contributed by atoms with Gasteiger partial charge in [0.2, 0.25) is 0 Å². The first-order valence-corrected chi connectivity index (χ1v) is 6.84. The standard InChI is InChI=1S/C15H25NO/c1-10-5-6-13(9-11(10)2)15(16-4)14-7-8-17-12(14)3/h7-8,10-11,13,15-16H,5-6,9H2,1-4H3. The van der Waals surface area contributed by atoms with Gasteiger partial charge in [-0.15, -0.1) is 0 Å². The van der Waals surface area contributed by atoms with Gasteiger partial charge in [0, 0.05) is 11.6 Å². The number of hydrogen-bond acceptors (Lipinski definition) is 2. The Balaban J connectivity index is 2.12. The molecule has 1 aliphatic rings. The van der Waals surface area contributed by atoms with E-state index in [1.54, 1.807) is 0 Å². The molecule has 2 heteroatoms. The number of nitrogens with one attached hydrogen (secondary N) is 1. The molecule has 4 unspecified atom stereocenters. The molecule has 0 saturated heterocycles. The Hall–Kier alpha value is -0.760. The lowest BCUT2D eigenvalue weighted by molar-refractivity contribution is 0.174. The van der Waals surface area contributed by atoms with Gasteiger partial charge in [-0.2, -0.15) is 0 Å². The predicted octanol–water partition coefficient (Wildman–Crippen LogP) is 3.92. The van der Waals surface area contributed by atoms with Gasteiger partial charge in [-0.3, -0.25) is 0 Å². The Bertz CT molecular complexity index is 358. The highest BCUT2D eigenvalue weighted by molar-refractivity contribution is 5.21. The Morgan fingerprint density at radius 3 is 2.59 bits per heavy atom. The molecular formula is C15H25NO. The number of hydrogen-bond donors (Lipinski definition) is 1. The fourth-order valence-corrected chi connectivity index (χ4v) is 3.25. The van der Waals surface area contributed by atoms with Crippen LogP contribution in [-0.4, -0.2) is 7.05 Å². The molecule has 1 aromatic heterocycles. The molecule has 2 nitrogen and oxygen atoms in total. The minimum absolute atomic E-state index is 0.462. The molecule has 1 fully saturated rings. The molecule has 0 aliphatic heterocycles. The predicted molar refractivity (Wildman–Crippen MR) is 70.9 cm³/mol. The molecule has 1 aliphatic carbocycles. The SMILES string of the molecule is CNC(c1ccoc1C)C1CCC(C)C(C)C1. The maximum absolute atomic E-state index is 5.45. The van der Waals surface area contributed by atoms with Crippen LogP contribution in [0.15, 0.2) is 16.7 Å². The third-order valence-corrected chi connectivity index (χ3v) is 4.66. The second kappa shape index (κ2) is 5.26. The summed E-state index contributed by atoms with van der Waals surface area (Å²) in [6.45, 7) is 6.85. The van der Waals surface area contributed by atoms with Crippen LogP contribution in [0.4, 0.5) is 0 Å². The van der Waals surface area contributed by atoms with Gasteiger partial charge >= 0.3 is 0 Å². The molecular weight excluding hydrogens is 210 g/mol. The number of furan rings is 1. The smallest absolute Gasteiger partial charge is 0.105 e. The van der Waals surface area contributed by atoms with E-state index in [1.165, 1.54) is 24.8 Å². The number of aryl methyl sites for hydroxylation is 1. The van der Waals surface area contributed by atoms with E-state index < -0.39 is 0 Å². The van der Waals surface area contributed by atoms with Crippen LogP contribution in [0.5, 0.6) is 0 Å². The van der Waals surface area contributed by atoms with E-state index in [0.29, 0.717) is 6.04 Å². The van der Waals surface area contributed by atoms with E-state index in [1.807, 2.05) is 6.26 Å². The molecule has 1 heterocycles. The van der Waals surface area contributed by atoms with Crippen LogP contribution in [0.3, 0.4) is 0 Å². The van der Waals surface area contributed by atoms with Gasteiger partial charge in [-0.05, 0) is 50.6 Å². The molecule has 2 rings (SSSR count). The lowest BCUT2D eigenvalue weighted by Gasteiger charge is -2.36. The van der Waals surface area contributed by atoms with Crippen molar-refractivity contribution in [3.8, 4) is 0 Å². The molecule has 1 N–H and O–H groups in total. The van der Waals surface area contributed by atoms with Crippen molar-refractivity contribution in [3.05, 3.63) is 23.7 Å².